The number of aliphatic hydroxyl groups excluding tert-OH is 2. The van der Waals surface area contributed by atoms with Gasteiger partial charge in [0.05, 0.1) is 25.2 Å². The second kappa shape index (κ2) is 46.4. The van der Waals surface area contributed by atoms with Crippen molar-refractivity contribution in [3.8, 4) is 0 Å². The zero-order chi connectivity index (χ0) is 42.4. The van der Waals surface area contributed by atoms with E-state index in [4.69, 9.17) is 4.74 Å². The third-order valence-electron chi connectivity index (χ3n) is 11.8. The van der Waals surface area contributed by atoms with E-state index < -0.39 is 18.2 Å². The first-order valence-corrected chi connectivity index (χ1v) is 25.6. The Balaban J connectivity index is 4.46. The fourth-order valence-electron chi connectivity index (χ4n) is 7.82. The first kappa shape index (κ1) is 56.3. The molecule has 0 aromatic rings. The van der Waals surface area contributed by atoms with Crippen molar-refractivity contribution in [2.45, 2.75) is 289 Å². The Kier molecular flexibility index (Phi) is 45.1. The molecule has 0 saturated carbocycles. The number of nitrogens with one attached hydrogen (secondary N) is 1. The zero-order valence-corrected chi connectivity index (χ0v) is 38.9. The summed E-state index contributed by atoms with van der Waals surface area (Å²) >= 11 is 0. The van der Waals surface area contributed by atoms with Gasteiger partial charge in [0.15, 0.2) is 0 Å². The van der Waals surface area contributed by atoms with Crippen molar-refractivity contribution in [1.29, 1.82) is 0 Å². The maximum Gasteiger partial charge on any atom is 0.306 e. The molecule has 0 aromatic heterocycles. The van der Waals surface area contributed by atoms with Crippen molar-refractivity contribution < 1.29 is 24.5 Å². The lowest BCUT2D eigenvalue weighted by Gasteiger charge is -2.24. The number of rotatable bonds is 46. The van der Waals surface area contributed by atoms with Crippen LogP contribution in [0, 0.1) is 0 Å². The summed E-state index contributed by atoms with van der Waals surface area (Å²) in [5, 5.41) is 23.7. The monoisotopic (exact) mass is 818 g/mol. The lowest BCUT2D eigenvalue weighted by molar-refractivity contribution is -0.151. The maximum absolute atomic E-state index is 13.1. The number of hydrogen-bond donors (Lipinski definition) is 3. The highest BCUT2D eigenvalue weighted by molar-refractivity contribution is 5.77. The van der Waals surface area contributed by atoms with Crippen molar-refractivity contribution in [2.75, 3.05) is 6.61 Å². The van der Waals surface area contributed by atoms with Crippen LogP contribution < -0.4 is 5.32 Å². The number of amides is 1. The number of hydrogen-bond acceptors (Lipinski definition) is 5. The van der Waals surface area contributed by atoms with Gasteiger partial charge in [-0.3, -0.25) is 9.59 Å². The van der Waals surface area contributed by atoms with Crippen LogP contribution in [0.25, 0.3) is 0 Å². The molecule has 0 bridgehead atoms. The van der Waals surface area contributed by atoms with Crippen LogP contribution in [0.3, 0.4) is 0 Å². The minimum absolute atomic E-state index is 0.0667. The molecular formula is C52H99NO5. The summed E-state index contributed by atoms with van der Waals surface area (Å²) in [5.74, 6) is -0.492. The second-order valence-electron chi connectivity index (χ2n) is 17.6. The summed E-state index contributed by atoms with van der Waals surface area (Å²) < 4.78 is 5.90. The number of allylic oxidation sites excluding steroid dienone is 4. The van der Waals surface area contributed by atoms with Gasteiger partial charge in [0.2, 0.25) is 5.91 Å². The Bertz CT molecular complexity index is 919. The van der Waals surface area contributed by atoms with Gasteiger partial charge in [0.25, 0.3) is 0 Å². The van der Waals surface area contributed by atoms with Crippen molar-refractivity contribution in [1.82, 2.24) is 5.32 Å². The Labute approximate surface area is 361 Å². The lowest BCUT2D eigenvalue weighted by Crippen LogP contribution is -2.46. The summed E-state index contributed by atoms with van der Waals surface area (Å²) in [4.78, 5) is 26.0. The number of carbonyl (C=O) groups is 2. The van der Waals surface area contributed by atoms with E-state index in [0.29, 0.717) is 19.3 Å². The Morgan fingerprint density at radius 3 is 1.29 bits per heavy atom. The van der Waals surface area contributed by atoms with E-state index in [1.54, 1.807) is 0 Å². The van der Waals surface area contributed by atoms with Crippen molar-refractivity contribution in [2.24, 2.45) is 0 Å². The number of ether oxygens (including phenoxy) is 1. The van der Waals surface area contributed by atoms with E-state index >= 15 is 0 Å². The van der Waals surface area contributed by atoms with Crippen molar-refractivity contribution in [3.63, 3.8) is 0 Å². The molecule has 0 aliphatic carbocycles. The SMILES string of the molecule is CCCC/C=C\CCCCCC(CC(=O)NC(CO)C(O)CCCCCCCCCCCCCCCC)OC(=O)CCCCCCC/C=C/CCCCCCCCC. The Morgan fingerprint density at radius 2 is 0.845 bits per heavy atom. The van der Waals surface area contributed by atoms with Crippen LogP contribution in [0.15, 0.2) is 24.3 Å². The molecule has 3 unspecified atom stereocenters. The largest absolute Gasteiger partial charge is 0.462 e. The van der Waals surface area contributed by atoms with Crippen LogP contribution in [-0.4, -0.2) is 46.9 Å². The maximum atomic E-state index is 13.1. The van der Waals surface area contributed by atoms with E-state index in [0.717, 1.165) is 70.6 Å². The summed E-state index contributed by atoms with van der Waals surface area (Å²) in [6.45, 7) is 6.44. The lowest BCUT2D eigenvalue weighted by atomic mass is 10.0. The van der Waals surface area contributed by atoms with E-state index in [9.17, 15) is 19.8 Å². The average molecular weight is 818 g/mol. The van der Waals surface area contributed by atoms with Gasteiger partial charge in [-0.05, 0) is 70.6 Å². The summed E-state index contributed by atoms with van der Waals surface area (Å²) in [7, 11) is 0. The highest BCUT2D eigenvalue weighted by Gasteiger charge is 2.24. The van der Waals surface area contributed by atoms with Crippen molar-refractivity contribution >= 4 is 11.9 Å². The summed E-state index contributed by atoms with van der Waals surface area (Å²) in [6, 6.07) is -0.703. The van der Waals surface area contributed by atoms with Crippen LogP contribution >= 0.6 is 0 Å². The number of carbonyl (C=O) groups excluding carboxylic acids is 2. The van der Waals surface area contributed by atoms with Gasteiger partial charge in [-0.25, -0.2) is 0 Å². The third-order valence-corrected chi connectivity index (χ3v) is 11.8. The van der Waals surface area contributed by atoms with Crippen LogP contribution in [0.1, 0.15) is 271 Å². The molecule has 342 valence electrons. The standard InChI is InChI=1S/C52H99NO5/c1-4-7-10-13-16-19-21-23-25-26-28-30-33-36-39-42-45-52(57)58-48(43-40-37-34-31-18-15-12-9-6-3)46-51(56)53-49(47-54)50(55)44-41-38-35-32-29-27-24-22-20-17-14-11-8-5-2/h15,18,25-26,48-50,54-55H,4-14,16-17,19-24,27-47H2,1-3H3,(H,53,56)/b18-15-,26-25+. The molecule has 0 aliphatic heterocycles. The van der Waals surface area contributed by atoms with E-state index in [2.05, 4.69) is 50.4 Å². The van der Waals surface area contributed by atoms with Crippen LogP contribution in [0.4, 0.5) is 0 Å². The van der Waals surface area contributed by atoms with E-state index in [1.807, 2.05) is 0 Å². The average Bonchev–Trinajstić information content (AvgIpc) is 3.22. The van der Waals surface area contributed by atoms with Gasteiger partial charge in [-0.2, -0.15) is 0 Å². The molecule has 1 amide bonds. The molecule has 0 rings (SSSR count). The fourth-order valence-corrected chi connectivity index (χ4v) is 7.82. The zero-order valence-electron chi connectivity index (χ0n) is 38.9. The van der Waals surface area contributed by atoms with Crippen LogP contribution in [0.2, 0.25) is 0 Å². The molecule has 3 N–H and O–H groups in total. The first-order valence-electron chi connectivity index (χ1n) is 25.6. The van der Waals surface area contributed by atoms with Gasteiger partial charge in [-0.1, -0.05) is 212 Å². The minimum atomic E-state index is -0.788. The molecule has 3 atom stereocenters. The Morgan fingerprint density at radius 1 is 0.483 bits per heavy atom. The Hall–Kier alpha value is -1.66. The van der Waals surface area contributed by atoms with Gasteiger partial charge >= 0.3 is 5.97 Å². The quantitative estimate of drug-likeness (QED) is 0.0323. The first-order chi connectivity index (χ1) is 28.5. The molecule has 0 saturated heterocycles. The minimum Gasteiger partial charge on any atom is -0.462 e. The van der Waals surface area contributed by atoms with Crippen LogP contribution in [0.5, 0.6) is 0 Å². The van der Waals surface area contributed by atoms with E-state index in [-0.39, 0.29) is 24.9 Å². The molecule has 6 heteroatoms. The highest BCUT2D eigenvalue weighted by Crippen LogP contribution is 2.18. The van der Waals surface area contributed by atoms with Gasteiger partial charge < -0.3 is 20.3 Å². The molecule has 0 heterocycles. The summed E-state index contributed by atoms with van der Waals surface area (Å²) in [5.41, 5.74) is 0. The predicted molar refractivity (Wildman–Crippen MR) is 250 cm³/mol. The molecule has 0 spiro atoms. The van der Waals surface area contributed by atoms with Gasteiger partial charge in [0, 0.05) is 6.42 Å². The normalized spacial score (nSPS) is 13.4. The van der Waals surface area contributed by atoms with Gasteiger partial charge in [-0.15, -0.1) is 0 Å². The number of aliphatic hydroxyl groups is 2. The molecular weight excluding hydrogens is 719 g/mol. The molecule has 6 nitrogen and oxygen atoms in total. The molecule has 0 fully saturated rings. The van der Waals surface area contributed by atoms with E-state index in [1.165, 1.54) is 154 Å². The molecule has 0 aromatic carbocycles. The molecule has 0 aliphatic rings. The second-order valence-corrected chi connectivity index (χ2v) is 17.6. The van der Waals surface area contributed by atoms with Gasteiger partial charge in [0.1, 0.15) is 6.10 Å². The fraction of sp³-hybridized carbons (Fsp3) is 0.885. The smallest absolute Gasteiger partial charge is 0.306 e. The van der Waals surface area contributed by atoms with Crippen molar-refractivity contribution in [3.05, 3.63) is 24.3 Å². The summed E-state index contributed by atoms with van der Waals surface area (Å²) in [6.07, 6.45) is 52.4. The number of unbranched alkanes of at least 4 members (excludes halogenated alkanes) is 30. The topological polar surface area (TPSA) is 95.9 Å². The highest BCUT2D eigenvalue weighted by atomic mass is 16.5. The molecule has 0 radical (unpaired) electrons. The third kappa shape index (κ3) is 41.1. The van der Waals surface area contributed by atoms with Crippen LogP contribution in [-0.2, 0) is 14.3 Å². The molecule has 58 heavy (non-hydrogen) atoms. The number of esters is 1. The predicted octanol–water partition coefficient (Wildman–Crippen LogP) is 15.1.